The number of nitrogens with zero attached hydrogens (tertiary/aromatic N) is 2. The highest BCUT2D eigenvalue weighted by atomic mass is 35.5. The number of anilines is 1. The molecule has 1 unspecified atom stereocenters. The van der Waals surface area contributed by atoms with Gasteiger partial charge in [-0.2, -0.15) is 0 Å². The average Bonchev–Trinajstić information content (AvgIpc) is 2.29. The lowest BCUT2D eigenvalue weighted by Crippen LogP contribution is -2.27. The third kappa shape index (κ3) is 4.30. The molecule has 0 aliphatic carbocycles. The fourth-order valence-corrected chi connectivity index (χ4v) is 2.00. The summed E-state index contributed by atoms with van der Waals surface area (Å²) in [4.78, 5) is 8.79. The minimum Gasteiger partial charge on any atom is -0.373 e. The number of nitrogens with one attached hydrogen (secondary N) is 2. The number of piperidine rings is 1. The Morgan fingerprint density at radius 2 is 2.06 bits per heavy atom. The largest absolute Gasteiger partial charge is 0.373 e. The first kappa shape index (κ1) is 16.4. The van der Waals surface area contributed by atoms with Crippen LogP contribution in [-0.4, -0.2) is 23.6 Å². The summed E-state index contributed by atoms with van der Waals surface area (Å²) in [5, 5.41) is 6.56. The molecule has 1 atom stereocenters. The molecule has 0 radical (unpaired) electrons. The van der Waals surface area contributed by atoms with E-state index < -0.39 is 0 Å². The van der Waals surface area contributed by atoms with Crippen molar-refractivity contribution in [2.75, 3.05) is 18.9 Å². The second kappa shape index (κ2) is 7.69. The molecule has 2 N–H and O–H groups in total. The van der Waals surface area contributed by atoms with E-state index in [1.807, 2.05) is 20.0 Å². The van der Waals surface area contributed by atoms with E-state index >= 15 is 0 Å². The van der Waals surface area contributed by atoms with E-state index in [4.69, 9.17) is 0 Å². The summed E-state index contributed by atoms with van der Waals surface area (Å²) in [6.07, 6.45) is 3.74. The molecule has 1 aliphatic rings. The number of aromatic nitrogens is 2. The van der Waals surface area contributed by atoms with Crippen LogP contribution in [0.1, 0.15) is 36.8 Å². The van der Waals surface area contributed by atoms with Gasteiger partial charge in [0.05, 0.1) is 5.69 Å². The first-order valence-corrected chi connectivity index (χ1v) is 5.56. The van der Waals surface area contributed by atoms with Crippen LogP contribution in [0.4, 0.5) is 5.82 Å². The van der Waals surface area contributed by atoms with Gasteiger partial charge in [-0.05, 0) is 26.3 Å². The van der Waals surface area contributed by atoms with Crippen LogP contribution in [0.15, 0.2) is 6.07 Å². The first-order chi connectivity index (χ1) is 7.29. The molecule has 4 nitrogen and oxygen atoms in total. The van der Waals surface area contributed by atoms with Crippen LogP contribution in [-0.2, 0) is 0 Å². The van der Waals surface area contributed by atoms with Crippen LogP contribution in [0.25, 0.3) is 0 Å². The Hall–Kier alpha value is -0.580. The van der Waals surface area contributed by atoms with Crippen molar-refractivity contribution >= 4 is 30.6 Å². The highest BCUT2D eigenvalue weighted by molar-refractivity contribution is 5.85. The molecular weight excluding hydrogens is 259 g/mol. The Labute approximate surface area is 115 Å². The standard InChI is InChI=1S/C11H18N4.2ClH/c1-8-14-10(7-11(12-2)15-8)9-5-3-4-6-13-9;;/h7,9,13H,3-6H2,1-2H3,(H,12,14,15);2*1H. The molecular formula is C11H20Cl2N4. The summed E-state index contributed by atoms with van der Waals surface area (Å²) in [6.45, 7) is 3.04. The maximum atomic E-state index is 4.49. The fraction of sp³-hybridized carbons (Fsp3) is 0.636. The molecule has 2 rings (SSSR count). The van der Waals surface area contributed by atoms with Crippen molar-refractivity contribution in [2.45, 2.75) is 32.2 Å². The summed E-state index contributed by atoms with van der Waals surface area (Å²) in [5.74, 6) is 1.74. The van der Waals surface area contributed by atoms with Gasteiger partial charge < -0.3 is 10.6 Å². The van der Waals surface area contributed by atoms with E-state index in [0.29, 0.717) is 6.04 Å². The van der Waals surface area contributed by atoms with Crippen molar-refractivity contribution in [1.29, 1.82) is 0 Å². The molecule has 1 aliphatic heterocycles. The Kier molecular flexibility index (Phi) is 7.43. The monoisotopic (exact) mass is 278 g/mol. The van der Waals surface area contributed by atoms with E-state index in [0.717, 1.165) is 23.9 Å². The van der Waals surface area contributed by atoms with Crippen LogP contribution in [0.2, 0.25) is 0 Å². The molecule has 0 saturated carbocycles. The summed E-state index contributed by atoms with van der Waals surface area (Å²) >= 11 is 0. The average molecular weight is 279 g/mol. The van der Waals surface area contributed by atoms with Gasteiger partial charge in [-0.3, -0.25) is 0 Å². The van der Waals surface area contributed by atoms with Gasteiger partial charge in [0.2, 0.25) is 0 Å². The van der Waals surface area contributed by atoms with Crippen LogP contribution in [0.5, 0.6) is 0 Å². The first-order valence-electron chi connectivity index (χ1n) is 5.56. The molecule has 2 heterocycles. The molecule has 1 aromatic heterocycles. The lowest BCUT2D eigenvalue weighted by atomic mass is 10.0. The minimum atomic E-state index is 0. The van der Waals surface area contributed by atoms with Crippen molar-refractivity contribution in [1.82, 2.24) is 15.3 Å². The van der Waals surface area contributed by atoms with Gasteiger partial charge in [0.1, 0.15) is 11.6 Å². The van der Waals surface area contributed by atoms with E-state index in [9.17, 15) is 0 Å². The predicted octanol–water partition coefficient (Wildman–Crippen LogP) is 2.48. The Balaban J connectivity index is 0.00000128. The van der Waals surface area contributed by atoms with E-state index in [-0.39, 0.29) is 24.8 Å². The minimum absolute atomic E-state index is 0. The zero-order valence-electron chi connectivity index (χ0n) is 10.2. The zero-order valence-corrected chi connectivity index (χ0v) is 11.8. The second-order valence-electron chi connectivity index (χ2n) is 3.98. The van der Waals surface area contributed by atoms with Gasteiger partial charge in [-0.1, -0.05) is 6.42 Å². The molecule has 17 heavy (non-hydrogen) atoms. The van der Waals surface area contributed by atoms with E-state index in [1.54, 1.807) is 0 Å². The SMILES string of the molecule is CNc1cc(C2CCCCN2)nc(C)n1.Cl.Cl. The predicted molar refractivity (Wildman–Crippen MR) is 75.4 cm³/mol. The molecule has 1 fully saturated rings. The van der Waals surface area contributed by atoms with E-state index in [2.05, 4.69) is 20.6 Å². The topological polar surface area (TPSA) is 49.8 Å². The zero-order chi connectivity index (χ0) is 10.7. The van der Waals surface area contributed by atoms with Crippen molar-refractivity contribution in [3.05, 3.63) is 17.6 Å². The molecule has 0 amide bonds. The van der Waals surface area contributed by atoms with Crippen molar-refractivity contribution < 1.29 is 0 Å². The molecule has 0 spiro atoms. The number of hydrogen-bond donors (Lipinski definition) is 2. The number of aryl methyl sites for hydroxylation is 1. The second-order valence-corrected chi connectivity index (χ2v) is 3.98. The third-order valence-electron chi connectivity index (χ3n) is 2.78. The number of halogens is 2. The van der Waals surface area contributed by atoms with Gasteiger partial charge in [0.25, 0.3) is 0 Å². The van der Waals surface area contributed by atoms with Crippen molar-refractivity contribution in [2.24, 2.45) is 0 Å². The summed E-state index contributed by atoms with van der Waals surface area (Å²) in [7, 11) is 1.89. The maximum absolute atomic E-state index is 4.49. The molecule has 98 valence electrons. The summed E-state index contributed by atoms with van der Waals surface area (Å²) in [6, 6.07) is 2.45. The smallest absolute Gasteiger partial charge is 0.129 e. The van der Waals surface area contributed by atoms with Gasteiger partial charge in [0, 0.05) is 19.2 Å². The summed E-state index contributed by atoms with van der Waals surface area (Å²) in [5.41, 5.74) is 1.12. The van der Waals surface area contributed by atoms with Gasteiger partial charge in [-0.25, -0.2) is 9.97 Å². The van der Waals surface area contributed by atoms with Gasteiger partial charge in [0.15, 0.2) is 0 Å². The molecule has 1 saturated heterocycles. The third-order valence-corrected chi connectivity index (χ3v) is 2.78. The molecule has 0 aromatic carbocycles. The summed E-state index contributed by atoms with van der Waals surface area (Å²) < 4.78 is 0. The lowest BCUT2D eigenvalue weighted by molar-refractivity contribution is 0.404. The fourth-order valence-electron chi connectivity index (χ4n) is 2.00. The van der Waals surface area contributed by atoms with Gasteiger partial charge >= 0.3 is 0 Å². The Morgan fingerprint density at radius 1 is 1.29 bits per heavy atom. The van der Waals surface area contributed by atoms with Crippen molar-refractivity contribution in [3.8, 4) is 0 Å². The maximum Gasteiger partial charge on any atom is 0.129 e. The van der Waals surface area contributed by atoms with Crippen LogP contribution >= 0.6 is 24.8 Å². The van der Waals surface area contributed by atoms with Crippen molar-refractivity contribution in [3.63, 3.8) is 0 Å². The lowest BCUT2D eigenvalue weighted by Gasteiger charge is -2.23. The molecule has 1 aromatic rings. The van der Waals surface area contributed by atoms with Crippen LogP contribution in [0, 0.1) is 6.92 Å². The number of hydrogen-bond acceptors (Lipinski definition) is 4. The Bertz CT molecular complexity index is 340. The highest BCUT2D eigenvalue weighted by Crippen LogP contribution is 2.22. The van der Waals surface area contributed by atoms with Gasteiger partial charge in [-0.15, -0.1) is 24.8 Å². The van der Waals surface area contributed by atoms with Crippen LogP contribution in [0.3, 0.4) is 0 Å². The highest BCUT2D eigenvalue weighted by Gasteiger charge is 2.16. The van der Waals surface area contributed by atoms with E-state index in [1.165, 1.54) is 19.3 Å². The Morgan fingerprint density at radius 3 is 2.65 bits per heavy atom. The van der Waals surface area contributed by atoms with Crippen LogP contribution < -0.4 is 10.6 Å². The molecule has 0 bridgehead atoms. The molecule has 6 heteroatoms. The number of rotatable bonds is 2. The normalized spacial score (nSPS) is 18.8. The quantitative estimate of drug-likeness (QED) is 0.873.